The number of cyclic esters (lactones) is 1. The number of aldehydes is 1. The molecule has 17 heavy (non-hydrogen) atoms. The van der Waals surface area contributed by atoms with Crippen molar-refractivity contribution in [3.05, 3.63) is 23.5 Å². The second-order valence-corrected chi connectivity index (χ2v) is 4.34. The molecule has 2 heterocycles. The molecular formula is C12H15NO4. The first-order valence-corrected chi connectivity index (χ1v) is 5.56. The van der Waals surface area contributed by atoms with Gasteiger partial charge in [0.2, 0.25) is 0 Å². The van der Waals surface area contributed by atoms with Gasteiger partial charge in [0, 0.05) is 11.6 Å². The summed E-state index contributed by atoms with van der Waals surface area (Å²) in [6.45, 7) is 3.51. The van der Waals surface area contributed by atoms with Gasteiger partial charge in [0.25, 0.3) is 0 Å². The van der Waals surface area contributed by atoms with E-state index in [0.29, 0.717) is 17.7 Å². The Morgan fingerprint density at radius 2 is 2.18 bits per heavy atom. The van der Waals surface area contributed by atoms with Gasteiger partial charge in [-0.25, -0.2) is 4.79 Å². The lowest BCUT2D eigenvalue weighted by Crippen LogP contribution is -2.24. The fourth-order valence-electron chi connectivity index (χ4n) is 2.24. The van der Waals surface area contributed by atoms with Gasteiger partial charge in [-0.05, 0) is 19.1 Å². The molecule has 0 bridgehead atoms. The average Bonchev–Trinajstić information content (AvgIpc) is 2.81. The smallest absolute Gasteiger partial charge is 0.329 e. The Labute approximate surface area is 99.0 Å². The lowest BCUT2D eigenvalue weighted by atomic mass is 9.99. The molecule has 3 atom stereocenters. The standard InChI is InChI=1S/C12H15NO4/c1-7-8(2)17-12(16)11(7)13-9(5-14)3-4-10(13)6-15/h3-5,7-8,11,15H,6H2,1-2H3/t7-,8-,11-/m0/s1. The quantitative estimate of drug-likeness (QED) is 0.627. The van der Waals surface area contributed by atoms with Crippen molar-refractivity contribution in [3.63, 3.8) is 0 Å². The van der Waals surface area contributed by atoms with Crippen LogP contribution >= 0.6 is 0 Å². The molecule has 0 aliphatic carbocycles. The molecule has 0 aromatic carbocycles. The molecule has 0 saturated carbocycles. The van der Waals surface area contributed by atoms with Gasteiger partial charge in [0.1, 0.15) is 12.1 Å². The molecule has 1 aliphatic heterocycles. The number of hydrogen-bond donors (Lipinski definition) is 1. The molecule has 1 fully saturated rings. The second-order valence-electron chi connectivity index (χ2n) is 4.34. The Hall–Kier alpha value is -1.62. The highest BCUT2D eigenvalue weighted by Gasteiger charge is 2.41. The molecule has 0 spiro atoms. The van der Waals surface area contributed by atoms with Crippen LogP contribution in [0.15, 0.2) is 12.1 Å². The number of rotatable bonds is 3. The monoisotopic (exact) mass is 237 g/mol. The van der Waals surface area contributed by atoms with Gasteiger partial charge in [-0.15, -0.1) is 0 Å². The van der Waals surface area contributed by atoms with E-state index in [2.05, 4.69) is 0 Å². The van der Waals surface area contributed by atoms with Crippen LogP contribution in [0.1, 0.15) is 36.1 Å². The SMILES string of the molecule is C[C@H]1[C@H](C)OC(=O)[C@H]1n1c(C=O)ccc1CO. The molecule has 5 heteroatoms. The number of hydrogen-bond acceptors (Lipinski definition) is 4. The van der Waals surface area contributed by atoms with E-state index in [9.17, 15) is 14.7 Å². The summed E-state index contributed by atoms with van der Waals surface area (Å²) in [5.41, 5.74) is 0.937. The summed E-state index contributed by atoms with van der Waals surface area (Å²) in [5, 5.41) is 9.24. The van der Waals surface area contributed by atoms with Gasteiger partial charge in [0.15, 0.2) is 6.29 Å². The van der Waals surface area contributed by atoms with Gasteiger partial charge in [-0.2, -0.15) is 0 Å². The van der Waals surface area contributed by atoms with Gasteiger partial charge in [0.05, 0.1) is 12.3 Å². The number of carbonyl (C=O) groups is 2. The van der Waals surface area contributed by atoms with Crippen LogP contribution in [0, 0.1) is 5.92 Å². The van der Waals surface area contributed by atoms with Crippen LogP contribution in [0.3, 0.4) is 0 Å². The molecule has 5 nitrogen and oxygen atoms in total. The molecule has 0 radical (unpaired) electrons. The Morgan fingerprint density at radius 3 is 2.65 bits per heavy atom. The summed E-state index contributed by atoms with van der Waals surface area (Å²) < 4.78 is 6.72. The third-order valence-corrected chi connectivity index (χ3v) is 3.38. The van der Waals surface area contributed by atoms with E-state index in [4.69, 9.17) is 4.74 Å². The van der Waals surface area contributed by atoms with Crippen molar-refractivity contribution in [1.82, 2.24) is 4.57 Å². The Balaban J connectivity index is 2.48. The van der Waals surface area contributed by atoms with Crippen LogP contribution in [0.2, 0.25) is 0 Å². The third kappa shape index (κ3) is 1.76. The zero-order valence-corrected chi connectivity index (χ0v) is 9.79. The molecule has 1 saturated heterocycles. The molecular weight excluding hydrogens is 222 g/mol. The van der Waals surface area contributed by atoms with Crippen molar-refractivity contribution in [2.24, 2.45) is 5.92 Å². The largest absolute Gasteiger partial charge is 0.461 e. The summed E-state index contributed by atoms with van der Waals surface area (Å²) in [4.78, 5) is 22.7. The summed E-state index contributed by atoms with van der Waals surface area (Å²) in [6.07, 6.45) is 0.503. The van der Waals surface area contributed by atoms with E-state index in [1.807, 2.05) is 13.8 Å². The Kier molecular flexibility index (Phi) is 3.02. The highest BCUT2D eigenvalue weighted by molar-refractivity contribution is 5.80. The fraction of sp³-hybridized carbons (Fsp3) is 0.500. The summed E-state index contributed by atoms with van der Waals surface area (Å²) in [5.74, 6) is -0.377. The predicted octanol–water partition coefficient (Wildman–Crippen LogP) is 0.915. The first-order valence-electron chi connectivity index (χ1n) is 5.56. The summed E-state index contributed by atoms with van der Waals surface area (Å²) in [6, 6.07) is 2.72. The third-order valence-electron chi connectivity index (χ3n) is 3.38. The normalized spacial score (nSPS) is 28.2. The maximum Gasteiger partial charge on any atom is 0.329 e. The van der Waals surface area contributed by atoms with Crippen molar-refractivity contribution in [1.29, 1.82) is 0 Å². The number of aliphatic hydroxyl groups excluding tert-OH is 1. The maximum atomic E-state index is 11.8. The Bertz CT molecular complexity index is 451. The number of aliphatic hydroxyl groups is 1. The minimum atomic E-state index is -0.526. The Morgan fingerprint density at radius 1 is 1.47 bits per heavy atom. The van der Waals surface area contributed by atoms with Gasteiger partial charge >= 0.3 is 5.97 Å². The zero-order valence-electron chi connectivity index (χ0n) is 9.79. The molecule has 92 valence electrons. The van der Waals surface area contributed by atoms with Crippen LogP contribution < -0.4 is 0 Å². The van der Waals surface area contributed by atoms with Crippen LogP contribution in [-0.2, 0) is 16.1 Å². The summed E-state index contributed by atoms with van der Waals surface area (Å²) in [7, 11) is 0. The lowest BCUT2D eigenvalue weighted by Gasteiger charge is -2.18. The topological polar surface area (TPSA) is 68.5 Å². The number of aromatic nitrogens is 1. The first kappa shape index (κ1) is 11.9. The van der Waals surface area contributed by atoms with E-state index in [0.717, 1.165) is 0 Å². The first-order chi connectivity index (χ1) is 8.10. The lowest BCUT2D eigenvalue weighted by molar-refractivity contribution is -0.143. The molecule has 2 rings (SSSR count). The van der Waals surface area contributed by atoms with E-state index in [1.165, 1.54) is 0 Å². The van der Waals surface area contributed by atoms with Crippen LogP contribution in [0.25, 0.3) is 0 Å². The molecule has 0 unspecified atom stereocenters. The highest BCUT2D eigenvalue weighted by Crippen LogP contribution is 2.34. The van der Waals surface area contributed by atoms with Crippen LogP contribution in [0.4, 0.5) is 0 Å². The number of esters is 1. The second kappa shape index (κ2) is 4.33. The molecule has 1 aromatic rings. The van der Waals surface area contributed by atoms with Crippen molar-refractivity contribution < 1.29 is 19.4 Å². The molecule has 1 aromatic heterocycles. The van der Waals surface area contributed by atoms with Gasteiger partial charge in [-0.1, -0.05) is 6.92 Å². The zero-order chi connectivity index (χ0) is 12.6. The van der Waals surface area contributed by atoms with Crippen molar-refractivity contribution in [3.8, 4) is 0 Å². The molecule has 0 amide bonds. The van der Waals surface area contributed by atoms with Crippen LogP contribution in [-0.4, -0.2) is 28.0 Å². The minimum absolute atomic E-state index is 0.0288. The minimum Gasteiger partial charge on any atom is -0.461 e. The van der Waals surface area contributed by atoms with Crippen LogP contribution in [0.5, 0.6) is 0 Å². The predicted molar refractivity (Wildman–Crippen MR) is 59.5 cm³/mol. The van der Waals surface area contributed by atoms with E-state index >= 15 is 0 Å². The number of ether oxygens (including phenoxy) is 1. The molecule has 1 aliphatic rings. The average molecular weight is 237 g/mol. The highest BCUT2D eigenvalue weighted by atomic mass is 16.6. The van der Waals surface area contributed by atoms with Gasteiger partial charge < -0.3 is 14.4 Å². The van der Waals surface area contributed by atoms with Crippen molar-refractivity contribution >= 4 is 12.3 Å². The summed E-state index contributed by atoms with van der Waals surface area (Å²) >= 11 is 0. The van der Waals surface area contributed by atoms with Crippen molar-refractivity contribution in [2.45, 2.75) is 32.6 Å². The van der Waals surface area contributed by atoms with E-state index in [-0.39, 0.29) is 24.6 Å². The number of nitrogens with zero attached hydrogens (tertiary/aromatic N) is 1. The van der Waals surface area contributed by atoms with E-state index in [1.54, 1.807) is 16.7 Å². The van der Waals surface area contributed by atoms with Crippen molar-refractivity contribution in [2.75, 3.05) is 0 Å². The van der Waals surface area contributed by atoms with Gasteiger partial charge in [-0.3, -0.25) is 4.79 Å². The molecule has 1 N–H and O–H groups in total. The maximum absolute atomic E-state index is 11.8. The number of carbonyl (C=O) groups excluding carboxylic acids is 2. The fourth-order valence-corrected chi connectivity index (χ4v) is 2.24. The van der Waals surface area contributed by atoms with E-state index < -0.39 is 6.04 Å².